The standard InChI is InChI=1S/C18H17FN4OS2/c19-13-5-3-12(4-6-13)10-22(14-7-8-14)16(24)11-23-17(20-21-18(23)25)15-2-1-9-26-15/h1-6,9,14H,7-8,10-11H2,(H,21,25). The summed E-state index contributed by atoms with van der Waals surface area (Å²) in [6.07, 6.45) is 2.00. The highest BCUT2D eigenvalue weighted by atomic mass is 32.1. The zero-order valence-electron chi connectivity index (χ0n) is 13.9. The van der Waals surface area contributed by atoms with Gasteiger partial charge in [0.1, 0.15) is 12.4 Å². The van der Waals surface area contributed by atoms with Crippen LogP contribution in [0.4, 0.5) is 4.39 Å². The fourth-order valence-corrected chi connectivity index (χ4v) is 3.80. The number of carbonyl (C=O) groups is 1. The van der Waals surface area contributed by atoms with Crippen LogP contribution in [0, 0.1) is 10.6 Å². The van der Waals surface area contributed by atoms with Gasteiger partial charge < -0.3 is 4.90 Å². The first-order chi connectivity index (χ1) is 12.6. The molecular weight excluding hydrogens is 371 g/mol. The Morgan fingerprint density at radius 1 is 1.35 bits per heavy atom. The molecule has 4 rings (SSSR count). The number of H-pyrrole nitrogens is 1. The molecule has 134 valence electrons. The Bertz CT molecular complexity index is 958. The van der Waals surface area contributed by atoms with E-state index in [4.69, 9.17) is 12.2 Å². The van der Waals surface area contributed by atoms with Crippen LogP contribution in [0.5, 0.6) is 0 Å². The number of carbonyl (C=O) groups excluding carboxylic acids is 1. The Balaban J connectivity index is 1.55. The van der Waals surface area contributed by atoms with Gasteiger partial charge in [0.05, 0.1) is 4.88 Å². The van der Waals surface area contributed by atoms with Gasteiger partial charge in [0.15, 0.2) is 10.6 Å². The molecule has 2 heterocycles. The normalized spacial score (nSPS) is 13.7. The first-order valence-corrected chi connectivity index (χ1v) is 9.63. The molecule has 0 unspecified atom stereocenters. The molecule has 5 nitrogen and oxygen atoms in total. The number of amides is 1. The van der Waals surface area contributed by atoms with Crippen molar-refractivity contribution in [2.75, 3.05) is 0 Å². The molecule has 0 spiro atoms. The van der Waals surface area contributed by atoms with Crippen LogP contribution >= 0.6 is 23.6 Å². The number of hydrogen-bond acceptors (Lipinski definition) is 4. The molecule has 1 saturated carbocycles. The van der Waals surface area contributed by atoms with Gasteiger partial charge in [-0.1, -0.05) is 18.2 Å². The third-order valence-corrected chi connectivity index (χ3v) is 5.54. The van der Waals surface area contributed by atoms with Gasteiger partial charge in [-0.2, -0.15) is 5.10 Å². The van der Waals surface area contributed by atoms with E-state index in [2.05, 4.69) is 10.2 Å². The van der Waals surface area contributed by atoms with Crippen molar-refractivity contribution in [2.45, 2.75) is 32.0 Å². The molecule has 0 aliphatic heterocycles. The van der Waals surface area contributed by atoms with E-state index in [1.807, 2.05) is 22.4 Å². The maximum atomic E-state index is 13.1. The lowest BCUT2D eigenvalue weighted by molar-refractivity contribution is -0.133. The Labute approximate surface area is 159 Å². The summed E-state index contributed by atoms with van der Waals surface area (Å²) in [5.41, 5.74) is 0.918. The summed E-state index contributed by atoms with van der Waals surface area (Å²) in [5.74, 6) is 0.395. The van der Waals surface area contributed by atoms with E-state index in [9.17, 15) is 9.18 Å². The highest BCUT2D eigenvalue weighted by molar-refractivity contribution is 7.71. The van der Waals surface area contributed by atoms with E-state index < -0.39 is 0 Å². The summed E-state index contributed by atoms with van der Waals surface area (Å²) < 4.78 is 15.3. The highest BCUT2D eigenvalue weighted by Crippen LogP contribution is 2.29. The smallest absolute Gasteiger partial charge is 0.243 e. The van der Waals surface area contributed by atoms with Crippen LogP contribution in [-0.4, -0.2) is 31.6 Å². The lowest BCUT2D eigenvalue weighted by atomic mass is 10.2. The van der Waals surface area contributed by atoms with Gasteiger partial charge >= 0.3 is 0 Å². The molecule has 8 heteroatoms. The maximum absolute atomic E-state index is 13.1. The predicted octanol–water partition coefficient (Wildman–Crippen LogP) is 4.00. The fourth-order valence-electron chi connectivity index (χ4n) is 2.88. The summed E-state index contributed by atoms with van der Waals surface area (Å²) in [4.78, 5) is 15.8. The van der Waals surface area contributed by atoms with Crippen LogP contribution in [0.3, 0.4) is 0 Å². The zero-order chi connectivity index (χ0) is 18.1. The van der Waals surface area contributed by atoms with Crippen molar-refractivity contribution in [3.8, 4) is 10.7 Å². The van der Waals surface area contributed by atoms with E-state index in [0.717, 1.165) is 23.3 Å². The zero-order valence-corrected chi connectivity index (χ0v) is 15.5. The minimum absolute atomic E-state index is 0.00729. The second-order valence-corrected chi connectivity index (χ2v) is 7.63. The second kappa shape index (κ2) is 7.13. The van der Waals surface area contributed by atoms with Gasteiger partial charge in [0.2, 0.25) is 5.91 Å². The van der Waals surface area contributed by atoms with Crippen LogP contribution in [0.25, 0.3) is 10.7 Å². The summed E-state index contributed by atoms with van der Waals surface area (Å²) in [6, 6.07) is 10.4. The molecule has 0 bridgehead atoms. The van der Waals surface area contributed by atoms with Gasteiger partial charge in [-0.05, 0) is 54.2 Å². The van der Waals surface area contributed by atoms with Crippen LogP contribution in [0.1, 0.15) is 18.4 Å². The van der Waals surface area contributed by atoms with E-state index in [1.165, 1.54) is 12.1 Å². The summed E-state index contributed by atoms with van der Waals surface area (Å²) in [6.45, 7) is 0.615. The van der Waals surface area contributed by atoms with Gasteiger partial charge in [0.25, 0.3) is 0 Å². The second-order valence-electron chi connectivity index (χ2n) is 6.30. The number of nitrogens with zero attached hydrogens (tertiary/aromatic N) is 3. The number of rotatable bonds is 6. The van der Waals surface area contributed by atoms with Crippen molar-refractivity contribution in [3.63, 3.8) is 0 Å². The molecule has 26 heavy (non-hydrogen) atoms. The Kier molecular flexibility index (Phi) is 4.69. The summed E-state index contributed by atoms with van der Waals surface area (Å²) >= 11 is 6.87. The maximum Gasteiger partial charge on any atom is 0.243 e. The number of nitrogens with one attached hydrogen (secondary N) is 1. The van der Waals surface area contributed by atoms with Crippen LogP contribution < -0.4 is 0 Å². The molecule has 3 aromatic rings. The fraction of sp³-hybridized carbons (Fsp3) is 0.278. The predicted molar refractivity (Wildman–Crippen MR) is 101 cm³/mol. The first-order valence-electron chi connectivity index (χ1n) is 8.35. The van der Waals surface area contributed by atoms with Crippen molar-refractivity contribution < 1.29 is 9.18 Å². The third-order valence-electron chi connectivity index (χ3n) is 4.37. The van der Waals surface area contributed by atoms with Crippen molar-refractivity contribution in [2.24, 2.45) is 0 Å². The number of thiophene rings is 1. The first kappa shape index (κ1) is 17.1. The van der Waals surface area contributed by atoms with E-state index in [1.54, 1.807) is 28.0 Å². The molecule has 1 aromatic carbocycles. The van der Waals surface area contributed by atoms with Crippen molar-refractivity contribution >= 4 is 29.5 Å². The quantitative estimate of drug-likeness (QED) is 0.650. The van der Waals surface area contributed by atoms with Gasteiger partial charge in [-0.3, -0.25) is 14.5 Å². The van der Waals surface area contributed by atoms with E-state index >= 15 is 0 Å². The minimum Gasteiger partial charge on any atom is -0.334 e. The third kappa shape index (κ3) is 3.61. The topological polar surface area (TPSA) is 53.9 Å². The van der Waals surface area contributed by atoms with Gasteiger partial charge in [-0.25, -0.2) is 4.39 Å². The SMILES string of the molecule is O=C(Cn1c(-c2cccs2)n[nH]c1=S)N(Cc1ccc(F)cc1)C1CC1. The van der Waals surface area contributed by atoms with Crippen LogP contribution in [-0.2, 0) is 17.9 Å². The lowest BCUT2D eigenvalue weighted by Gasteiger charge is -2.23. The molecule has 1 amide bonds. The van der Waals surface area contributed by atoms with Crippen LogP contribution in [0.15, 0.2) is 41.8 Å². The Morgan fingerprint density at radius 3 is 2.77 bits per heavy atom. The molecule has 1 fully saturated rings. The minimum atomic E-state index is -0.275. The van der Waals surface area contributed by atoms with Crippen molar-refractivity contribution in [3.05, 3.63) is 57.9 Å². The van der Waals surface area contributed by atoms with Crippen molar-refractivity contribution in [1.82, 2.24) is 19.7 Å². The van der Waals surface area contributed by atoms with Gasteiger partial charge in [-0.15, -0.1) is 11.3 Å². The number of halogens is 1. The van der Waals surface area contributed by atoms with Crippen molar-refractivity contribution in [1.29, 1.82) is 0 Å². The molecule has 0 atom stereocenters. The Hall–Kier alpha value is -2.32. The van der Waals surface area contributed by atoms with Gasteiger partial charge in [0, 0.05) is 12.6 Å². The molecule has 1 N–H and O–H groups in total. The van der Waals surface area contributed by atoms with Crippen LogP contribution in [0.2, 0.25) is 0 Å². The van der Waals surface area contributed by atoms with E-state index in [-0.39, 0.29) is 24.3 Å². The molecular formula is C18H17FN4OS2. The average Bonchev–Trinajstić information content (AvgIpc) is 3.20. The number of aromatic nitrogens is 3. The molecule has 0 saturated heterocycles. The largest absolute Gasteiger partial charge is 0.334 e. The number of aromatic amines is 1. The number of benzene rings is 1. The molecule has 1 aliphatic rings. The summed E-state index contributed by atoms with van der Waals surface area (Å²) in [7, 11) is 0. The monoisotopic (exact) mass is 388 g/mol. The molecule has 0 radical (unpaired) electrons. The highest BCUT2D eigenvalue weighted by Gasteiger charge is 2.33. The number of hydrogen-bond donors (Lipinski definition) is 1. The average molecular weight is 388 g/mol. The Morgan fingerprint density at radius 2 is 2.12 bits per heavy atom. The van der Waals surface area contributed by atoms with E-state index in [0.29, 0.717) is 17.1 Å². The molecule has 2 aromatic heterocycles. The summed E-state index contributed by atoms with van der Waals surface area (Å²) in [5, 5.41) is 9.01. The lowest BCUT2D eigenvalue weighted by Crippen LogP contribution is -2.35. The molecule has 1 aliphatic carbocycles.